The van der Waals surface area contributed by atoms with E-state index in [1.165, 1.54) is 16.0 Å². The van der Waals surface area contributed by atoms with Gasteiger partial charge in [0.2, 0.25) is 0 Å². The van der Waals surface area contributed by atoms with E-state index in [-0.39, 0.29) is 0 Å². The molecule has 124 valence electrons. The molecule has 6 heteroatoms. The minimum absolute atomic E-state index is 0.614. The van der Waals surface area contributed by atoms with Gasteiger partial charge in [0.1, 0.15) is 5.01 Å². The van der Waals surface area contributed by atoms with Crippen LogP contribution in [0.15, 0.2) is 23.5 Å². The van der Waals surface area contributed by atoms with Crippen LogP contribution in [0.2, 0.25) is 0 Å². The number of aryl methyl sites for hydroxylation is 3. The van der Waals surface area contributed by atoms with Crippen LogP contribution in [-0.2, 0) is 13.0 Å². The van der Waals surface area contributed by atoms with Crippen LogP contribution < -0.4 is 10.6 Å². The maximum absolute atomic E-state index is 4.62. The molecule has 0 bridgehead atoms. The summed E-state index contributed by atoms with van der Waals surface area (Å²) in [6.07, 6.45) is 4.70. The molecule has 0 aliphatic carbocycles. The molecule has 0 spiro atoms. The number of nitrogens with one attached hydrogen (secondary N) is 2. The molecular formula is C17H25N5S. The minimum atomic E-state index is 0.614. The molecule has 5 nitrogen and oxygen atoms in total. The van der Waals surface area contributed by atoms with Crippen molar-refractivity contribution in [3.05, 3.63) is 45.2 Å². The number of hydrogen-bond acceptors (Lipinski definition) is 4. The number of rotatable bonds is 6. The number of aromatic nitrogens is 2. The van der Waals surface area contributed by atoms with Gasteiger partial charge in [-0.15, -0.1) is 11.3 Å². The summed E-state index contributed by atoms with van der Waals surface area (Å²) < 4.78 is 0. The lowest BCUT2D eigenvalue weighted by atomic mass is 10.1. The second kappa shape index (κ2) is 8.62. The summed E-state index contributed by atoms with van der Waals surface area (Å²) in [6, 6.07) is 2.07. The van der Waals surface area contributed by atoms with E-state index in [2.05, 4.69) is 52.4 Å². The molecule has 2 aromatic rings. The van der Waals surface area contributed by atoms with Crippen molar-refractivity contribution < 1.29 is 0 Å². The number of aliphatic imine (C=N–C) groups is 1. The van der Waals surface area contributed by atoms with E-state index in [0.29, 0.717) is 6.54 Å². The second-order valence-electron chi connectivity index (χ2n) is 5.42. The van der Waals surface area contributed by atoms with Crippen LogP contribution in [0.3, 0.4) is 0 Å². The van der Waals surface area contributed by atoms with E-state index in [1.807, 2.05) is 19.3 Å². The fraction of sp³-hybridized carbons (Fsp3) is 0.471. The Labute approximate surface area is 142 Å². The maximum Gasteiger partial charge on any atom is 0.191 e. The van der Waals surface area contributed by atoms with E-state index >= 15 is 0 Å². The summed E-state index contributed by atoms with van der Waals surface area (Å²) in [5.41, 5.74) is 3.64. The first-order chi connectivity index (χ1) is 11.1. The van der Waals surface area contributed by atoms with Gasteiger partial charge in [-0.05, 0) is 51.3 Å². The third-order valence-electron chi connectivity index (χ3n) is 3.61. The smallest absolute Gasteiger partial charge is 0.191 e. The van der Waals surface area contributed by atoms with Gasteiger partial charge in [0.25, 0.3) is 0 Å². The lowest BCUT2D eigenvalue weighted by Gasteiger charge is -2.11. The van der Waals surface area contributed by atoms with Gasteiger partial charge in [-0.2, -0.15) is 0 Å². The van der Waals surface area contributed by atoms with Crippen LogP contribution in [-0.4, -0.2) is 29.0 Å². The summed E-state index contributed by atoms with van der Waals surface area (Å²) in [7, 11) is 0. The van der Waals surface area contributed by atoms with Crippen LogP contribution in [0.4, 0.5) is 0 Å². The van der Waals surface area contributed by atoms with E-state index < -0.39 is 0 Å². The Morgan fingerprint density at radius 3 is 2.74 bits per heavy atom. The Morgan fingerprint density at radius 2 is 2.09 bits per heavy atom. The molecule has 0 aliphatic heterocycles. The van der Waals surface area contributed by atoms with Crippen molar-refractivity contribution >= 4 is 17.3 Å². The largest absolute Gasteiger partial charge is 0.357 e. The van der Waals surface area contributed by atoms with Gasteiger partial charge in [0, 0.05) is 30.4 Å². The van der Waals surface area contributed by atoms with E-state index in [9.17, 15) is 0 Å². The first-order valence-electron chi connectivity index (χ1n) is 7.94. The first-order valence-corrected chi connectivity index (χ1v) is 8.76. The molecule has 0 fully saturated rings. The number of hydrogen-bond donors (Lipinski definition) is 2. The van der Waals surface area contributed by atoms with Crippen LogP contribution in [0.25, 0.3) is 0 Å². The van der Waals surface area contributed by atoms with Gasteiger partial charge in [-0.3, -0.25) is 4.98 Å². The van der Waals surface area contributed by atoms with Gasteiger partial charge in [-0.25, -0.2) is 9.98 Å². The van der Waals surface area contributed by atoms with Crippen molar-refractivity contribution in [2.24, 2.45) is 4.99 Å². The highest BCUT2D eigenvalue weighted by Crippen LogP contribution is 2.16. The molecule has 0 aromatic carbocycles. The van der Waals surface area contributed by atoms with E-state index in [1.54, 1.807) is 11.3 Å². The Kier molecular flexibility index (Phi) is 6.52. The van der Waals surface area contributed by atoms with Crippen molar-refractivity contribution in [3.63, 3.8) is 0 Å². The summed E-state index contributed by atoms with van der Waals surface area (Å²) in [5, 5.41) is 7.72. The summed E-state index contributed by atoms with van der Waals surface area (Å²) in [5.74, 6) is 0.838. The Balaban J connectivity index is 1.90. The third-order valence-corrected chi connectivity index (χ3v) is 4.67. The van der Waals surface area contributed by atoms with Crippen molar-refractivity contribution in [2.45, 2.75) is 40.7 Å². The molecule has 23 heavy (non-hydrogen) atoms. The zero-order valence-corrected chi connectivity index (χ0v) is 15.1. The second-order valence-corrected chi connectivity index (χ2v) is 6.71. The van der Waals surface area contributed by atoms with Crippen molar-refractivity contribution in [2.75, 3.05) is 13.1 Å². The van der Waals surface area contributed by atoms with Crippen LogP contribution in [0.5, 0.6) is 0 Å². The van der Waals surface area contributed by atoms with Crippen molar-refractivity contribution in [3.8, 4) is 0 Å². The van der Waals surface area contributed by atoms with Crippen LogP contribution in [0.1, 0.15) is 33.6 Å². The quantitative estimate of drug-likeness (QED) is 0.631. The molecule has 0 aliphatic rings. The van der Waals surface area contributed by atoms with Gasteiger partial charge < -0.3 is 10.6 Å². The average Bonchev–Trinajstić information content (AvgIpc) is 2.85. The van der Waals surface area contributed by atoms with Gasteiger partial charge >= 0.3 is 0 Å². The van der Waals surface area contributed by atoms with E-state index in [0.717, 1.165) is 36.2 Å². The predicted octanol–water partition coefficient (Wildman–Crippen LogP) is 2.76. The molecule has 2 rings (SSSR count). The topological polar surface area (TPSA) is 62.2 Å². The highest BCUT2D eigenvalue weighted by molar-refractivity contribution is 7.11. The molecule has 0 amide bonds. The zero-order valence-electron chi connectivity index (χ0n) is 14.3. The van der Waals surface area contributed by atoms with Crippen molar-refractivity contribution in [1.29, 1.82) is 0 Å². The minimum Gasteiger partial charge on any atom is -0.357 e. The Bertz CT molecular complexity index is 643. The molecule has 2 heterocycles. The Morgan fingerprint density at radius 1 is 1.26 bits per heavy atom. The molecular weight excluding hydrogens is 306 g/mol. The fourth-order valence-electron chi connectivity index (χ4n) is 2.19. The third kappa shape index (κ3) is 5.32. The lowest BCUT2D eigenvalue weighted by molar-refractivity contribution is 0.795. The highest BCUT2D eigenvalue weighted by atomic mass is 32.1. The molecule has 0 unspecified atom stereocenters. The lowest BCUT2D eigenvalue weighted by Crippen LogP contribution is -2.38. The van der Waals surface area contributed by atoms with Crippen molar-refractivity contribution in [1.82, 2.24) is 20.6 Å². The average molecular weight is 331 g/mol. The SMILES string of the molecule is CCNC(=NCc1nc(C)c(C)s1)NCCc1ccncc1C. The Hall–Kier alpha value is -1.95. The number of nitrogens with zero attached hydrogens (tertiary/aromatic N) is 3. The summed E-state index contributed by atoms with van der Waals surface area (Å²) >= 11 is 1.72. The molecule has 2 aromatic heterocycles. The molecule has 0 saturated heterocycles. The molecule has 2 N–H and O–H groups in total. The fourth-order valence-corrected chi connectivity index (χ4v) is 3.05. The summed E-state index contributed by atoms with van der Waals surface area (Å²) in [4.78, 5) is 14.5. The predicted molar refractivity (Wildman–Crippen MR) is 97.1 cm³/mol. The van der Waals surface area contributed by atoms with Gasteiger partial charge in [-0.1, -0.05) is 0 Å². The van der Waals surface area contributed by atoms with Gasteiger partial charge in [0.05, 0.1) is 12.2 Å². The molecule has 0 saturated carbocycles. The highest BCUT2D eigenvalue weighted by Gasteiger charge is 2.04. The van der Waals surface area contributed by atoms with E-state index in [4.69, 9.17) is 0 Å². The van der Waals surface area contributed by atoms with Crippen LogP contribution in [0, 0.1) is 20.8 Å². The standard InChI is InChI=1S/C17H25N5S/c1-5-19-17(21-11-16-22-13(3)14(4)23-16)20-9-7-15-6-8-18-10-12(15)2/h6,8,10H,5,7,9,11H2,1-4H3,(H2,19,20,21). The van der Waals surface area contributed by atoms with Crippen LogP contribution >= 0.6 is 11.3 Å². The van der Waals surface area contributed by atoms with Gasteiger partial charge in [0.15, 0.2) is 5.96 Å². The number of guanidine groups is 1. The molecule has 0 radical (unpaired) electrons. The maximum atomic E-state index is 4.62. The molecule has 0 atom stereocenters. The number of pyridine rings is 1. The normalized spacial score (nSPS) is 11.6. The monoisotopic (exact) mass is 331 g/mol. The summed E-state index contributed by atoms with van der Waals surface area (Å²) in [6.45, 7) is 10.6. The first kappa shape index (κ1) is 17.4. The number of thiazole rings is 1. The zero-order chi connectivity index (χ0) is 16.7.